The molecule has 5 nitrogen and oxygen atoms in total. The lowest BCUT2D eigenvalue weighted by Crippen LogP contribution is -2.39. The van der Waals surface area contributed by atoms with E-state index in [9.17, 15) is 4.79 Å². The highest BCUT2D eigenvalue weighted by Crippen LogP contribution is 2.33. The van der Waals surface area contributed by atoms with E-state index in [0.717, 1.165) is 47.5 Å². The van der Waals surface area contributed by atoms with E-state index in [1.807, 2.05) is 49.4 Å². The first kappa shape index (κ1) is 17.9. The van der Waals surface area contributed by atoms with Crippen molar-refractivity contribution in [2.45, 2.75) is 19.8 Å². The summed E-state index contributed by atoms with van der Waals surface area (Å²) < 4.78 is 5.21. The van der Waals surface area contributed by atoms with Crippen LogP contribution in [0.4, 0.5) is 5.69 Å². The number of nitrogens with zero attached hydrogens (tertiary/aromatic N) is 2. The number of hydrogen-bond acceptors (Lipinski definition) is 4. The summed E-state index contributed by atoms with van der Waals surface area (Å²) in [6.07, 6.45) is 1.84. The molecule has 140 valence electrons. The zero-order valence-electron chi connectivity index (χ0n) is 15.2. The van der Waals surface area contributed by atoms with Crippen molar-refractivity contribution in [1.82, 2.24) is 9.97 Å². The lowest BCUT2D eigenvalue weighted by Gasteiger charge is -2.33. The number of anilines is 1. The maximum atomic E-state index is 12.1. The molecule has 1 aliphatic heterocycles. The van der Waals surface area contributed by atoms with Gasteiger partial charge in [0.15, 0.2) is 0 Å². The number of halogens is 1. The van der Waals surface area contributed by atoms with Crippen LogP contribution in [0.15, 0.2) is 42.5 Å². The highest BCUT2D eigenvalue weighted by molar-refractivity contribution is 6.33. The number of carbonyl (C=O) groups is 1. The average molecular weight is 384 g/mol. The van der Waals surface area contributed by atoms with Gasteiger partial charge in [-0.1, -0.05) is 23.7 Å². The van der Waals surface area contributed by atoms with Crippen LogP contribution in [0.1, 0.15) is 19.8 Å². The molecule has 3 aromatic rings. The van der Waals surface area contributed by atoms with Gasteiger partial charge < -0.3 is 14.6 Å². The Morgan fingerprint density at radius 3 is 3.00 bits per heavy atom. The molecule has 1 aromatic heterocycles. The monoisotopic (exact) mass is 383 g/mol. The number of carbonyl (C=O) groups excluding carboxylic acids is 1. The Kier molecular flexibility index (Phi) is 5.03. The molecule has 0 amide bonds. The van der Waals surface area contributed by atoms with Crippen molar-refractivity contribution in [3.8, 4) is 11.4 Å². The number of benzene rings is 2. The summed E-state index contributed by atoms with van der Waals surface area (Å²) in [5, 5.41) is 0.650. The first-order valence-electron chi connectivity index (χ1n) is 9.32. The van der Waals surface area contributed by atoms with Gasteiger partial charge in [0.25, 0.3) is 0 Å². The van der Waals surface area contributed by atoms with Gasteiger partial charge in [-0.2, -0.15) is 0 Å². The van der Waals surface area contributed by atoms with E-state index in [4.69, 9.17) is 16.3 Å². The molecule has 4 rings (SSSR count). The van der Waals surface area contributed by atoms with Crippen LogP contribution in [0, 0.1) is 5.92 Å². The molecule has 2 aromatic carbocycles. The minimum absolute atomic E-state index is 0.0796. The molecule has 1 fully saturated rings. The highest BCUT2D eigenvalue weighted by atomic mass is 35.5. The predicted molar refractivity (Wildman–Crippen MR) is 108 cm³/mol. The SMILES string of the molecule is CCOC(=O)[C@@H]1CCCN(c2ccc(Cl)c(-c3nc4ccccc4[nH]3)c2)C1. The highest BCUT2D eigenvalue weighted by Gasteiger charge is 2.27. The maximum absolute atomic E-state index is 12.1. The van der Waals surface area contributed by atoms with Gasteiger partial charge in [-0.3, -0.25) is 4.79 Å². The first-order valence-corrected chi connectivity index (χ1v) is 9.69. The van der Waals surface area contributed by atoms with E-state index in [1.54, 1.807) is 0 Å². The summed E-state index contributed by atoms with van der Waals surface area (Å²) in [5.74, 6) is 0.569. The lowest BCUT2D eigenvalue weighted by atomic mass is 9.97. The fourth-order valence-corrected chi connectivity index (χ4v) is 3.84. The Morgan fingerprint density at radius 2 is 2.19 bits per heavy atom. The number of rotatable bonds is 4. The number of hydrogen-bond donors (Lipinski definition) is 1. The van der Waals surface area contributed by atoms with E-state index >= 15 is 0 Å². The third-order valence-corrected chi connectivity index (χ3v) is 5.33. The molecule has 1 saturated heterocycles. The molecule has 6 heteroatoms. The number of H-pyrrole nitrogens is 1. The standard InChI is InChI=1S/C21H22ClN3O2/c1-2-27-21(26)14-6-5-11-25(13-14)15-9-10-17(22)16(12-15)20-23-18-7-3-4-8-19(18)24-20/h3-4,7-10,12,14H,2,5-6,11,13H2,1H3,(H,23,24)/t14-/m1/s1. The van der Waals surface area contributed by atoms with Crippen molar-refractivity contribution < 1.29 is 9.53 Å². The Balaban J connectivity index is 1.63. The van der Waals surface area contributed by atoms with Crippen LogP contribution in [0.2, 0.25) is 5.02 Å². The molecule has 1 aliphatic rings. The molecule has 27 heavy (non-hydrogen) atoms. The Hall–Kier alpha value is -2.53. The van der Waals surface area contributed by atoms with Crippen molar-refractivity contribution in [2.75, 3.05) is 24.6 Å². The first-order chi connectivity index (χ1) is 13.2. The van der Waals surface area contributed by atoms with Gasteiger partial charge in [-0.05, 0) is 50.1 Å². The van der Waals surface area contributed by atoms with Gasteiger partial charge in [0, 0.05) is 24.3 Å². The predicted octanol–water partition coefficient (Wildman–Crippen LogP) is 4.66. The van der Waals surface area contributed by atoms with Crippen LogP contribution in [0.3, 0.4) is 0 Å². The van der Waals surface area contributed by atoms with Crippen molar-refractivity contribution in [2.24, 2.45) is 5.92 Å². The lowest BCUT2D eigenvalue weighted by molar-refractivity contribution is -0.148. The summed E-state index contributed by atoms with van der Waals surface area (Å²) in [6.45, 7) is 3.85. The van der Waals surface area contributed by atoms with Crippen molar-refractivity contribution in [1.29, 1.82) is 0 Å². The smallest absolute Gasteiger partial charge is 0.310 e. The molecular weight excluding hydrogens is 362 g/mol. The molecule has 0 unspecified atom stereocenters. The van der Waals surface area contributed by atoms with E-state index in [-0.39, 0.29) is 11.9 Å². The minimum atomic E-state index is -0.103. The van der Waals surface area contributed by atoms with Crippen LogP contribution < -0.4 is 4.90 Å². The van der Waals surface area contributed by atoms with Crippen LogP contribution in [-0.4, -0.2) is 35.6 Å². The number of ether oxygens (including phenoxy) is 1. The van der Waals surface area contributed by atoms with Gasteiger partial charge in [0.1, 0.15) is 5.82 Å². The number of aromatic nitrogens is 2. The molecule has 1 N–H and O–H groups in total. The number of nitrogens with one attached hydrogen (secondary N) is 1. The van der Waals surface area contributed by atoms with Crippen molar-refractivity contribution in [3.63, 3.8) is 0 Å². The molecule has 0 bridgehead atoms. The van der Waals surface area contributed by atoms with Gasteiger partial charge in [0.05, 0.1) is 28.6 Å². The van der Waals surface area contributed by atoms with Crippen LogP contribution in [-0.2, 0) is 9.53 Å². The molecule has 2 heterocycles. The van der Waals surface area contributed by atoms with Gasteiger partial charge in [0.2, 0.25) is 0 Å². The Labute approximate surface area is 163 Å². The summed E-state index contributed by atoms with van der Waals surface area (Å²) >= 11 is 6.46. The molecule has 0 aliphatic carbocycles. The quantitative estimate of drug-likeness (QED) is 0.665. The third kappa shape index (κ3) is 3.65. The summed E-state index contributed by atoms with van der Waals surface area (Å²) in [6, 6.07) is 13.9. The largest absolute Gasteiger partial charge is 0.466 e. The zero-order chi connectivity index (χ0) is 18.8. The van der Waals surface area contributed by atoms with E-state index < -0.39 is 0 Å². The van der Waals surface area contributed by atoms with Crippen molar-refractivity contribution >= 4 is 34.3 Å². The van der Waals surface area contributed by atoms with Gasteiger partial charge >= 0.3 is 5.97 Å². The summed E-state index contributed by atoms with van der Waals surface area (Å²) in [7, 11) is 0. The zero-order valence-corrected chi connectivity index (χ0v) is 16.0. The second-order valence-electron chi connectivity index (χ2n) is 6.80. The van der Waals surface area contributed by atoms with Crippen LogP contribution in [0.25, 0.3) is 22.4 Å². The number of esters is 1. The third-order valence-electron chi connectivity index (χ3n) is 5.00. The number of aromatic amines is 1. The molecule has 0 spiro atoms. The van der Waals surface area contributed by atoms with E-state index in [2.05, 4.69) is 14.9 Å². The molecule has 1 atom stereocenters. The van der Waals surface area contributed by atoms with Gasteiger partial charge in [-0.15, -0.1) is 0 Å². The maximum Gasteiger partial charge on any atom is 0.310 e. The second kappa shape index (κ2) is 7.61. The molecular formula is C21H22ClN3O2. The number of para-hydroxylation sites is 2. The van der Waals surface area contributed by atoms with Crippen LogP contribution >= 0.6 is 11.6 Å². The topological polar surface area (TPSA) is 58.2 Å². The molecule has 0 radical (unpaired) electrons. The Bertz CT molecular complexity index is 936. The van der Waals surface area contributed by atoms with E-state index in [1.165, 1.54) is 0 Å². The fourth-order valence-electron chi connectivity index (χ4n) is 3.64. The number of piperidine rings is 1. The Morgan fingerprint density at radius 1 is 1.33 bits per heavy atom. The van der Waals surface area contributed by atoms with E-state index in [0.29, 0.717) is 18.2 Å². The van der Waals surface area contributed by atoms with Crippen LogP contribution in [0.5, 0.6) is 0 Å². The molecule has 0 saturated carbocycles. The fraction of sp³-hybridized carbons (Fsp3) is 0.333. The number of fused-ring (bicyclic) bond motifs is 1. The normalized spacial score (nSPS) is 17.3. The average Bonchev–Trinajstić information content (AvgIpc) is 3.12. The minimum Gasteiger partial charge on any atom is -0.466 e. The second-order valence-corrected chi connectivity index (χ2v) is 7.21. The van der Waals surface area contributed by atoms with Gasteiger partial charge in [-0.25, -0.2) is 4.98 Å². The number of imidazole rings is 1. The van der Waals surface area contributed by atoms with Crippen molar-refractivity contribution in [3.05, 3.63) is 47.5 Å². The summed E-state index contributed by atoms with van der Waals surface area (Å²) in [5.41, 5.74) is 3.80. The summed E-state index contributed by atoms with van der Waals surface area (Å²) in [4.78, 5) is 22.4.